The van der Waals surface area contributed by atoms with Gasteiger partial charge >= 0.3 is 11.8 Å². The third-order valence-electron chi connectivity index (χ3n) is 3.92. The number of aromatic nitrogens is 2. The highest BCUT2D eigenvalue weighted by atomic mass is 79.9. The zero-order chi connectivity index (χ0) is 19.4. The van der Waals surface area contributed by atoms with Crippen LogP contribution in [0.25, 0.3) is 5.69 Å². The minimum absolute atomic E-state index is 0.223. The third kappa shape index (κ3) is 4.50. The fourth-order valence-electron chi connectivity index (χ4n) is 2.57. The van der Waals surface area contributed by atoms with Gasteiger partial charge in [0.05, 0.1) is 28.5 Å². The molecule has 7 nitrogen and oxygen atoms in total. The average Bonchev–Trinajstić information content (AvgIpc) is 2.86. The standard InChI is InChI=1S/C18H23BrN4O3/c1-5-13(9-24)20-17(25)18(26)21-16-15(19)12(4)22-23(16)14-7-10(2)6-11(3)8-14/h6-8,13,24H,5,9H2,1-4H3,(H,20,25)(H,21,26)/t13-/m0/s1. The van der Waals surface area contributed by atoms with Crippen LogP contribution in [0.15, 0.2) is 22.7 Å². The van der Waals surface area contributed by atoms with Crippen LogP contribution < -0.4 is 10.6 Å². The number of nitrogens with one attached hydrogen (secondary N) is 2. The first-order valence-corrected chi connectivity index (χ1v) is 9.12. The number of hydrogen-bond donors (Lipinski definition) is 3. The van der Waals surface area contributed by atoms with Crippen LogP contribution in [-0.2, 0) is 9.59 Å². The van der Waals surface area contributed by atoms with Crippen molar-refractivity contribution in [2.45, 2.75) is 40.2 Å². The Morgan fingerprint density at radius 2 is 1.81 bits per heavy atom. The van der Waals surface area contributed by atoms with Crippen LogP contribution in [0.4, 0.5) is 5.82 Å². The molecule has 3 N–H and O–H groups in total. The topological polar surface area (TPSA) is 96.2 Å². The molecule has 140 valence electrons. The molecule has 2 rings (SSSR count). The summed E-state index contributed by atoms with van der Waals surface area (Å²) >= 11 is 3.42. The molecule has 0 unspecified atom stereocenters. The lowest BCUT2D eigenvalue weighted by Crippen LogP contribution is -2.43. The zero-order valence-electron chi connectivity index (χ0n) is 15.3. The average molecular weight is 423 g/mol. The Hall–Kier alpha value is -2.19. The van der Waals surface area contributed by atoms with Crippen molar-refractivity contribution in [1.29, 1.82) is 0 Å². The van der Waals surface area contributed by atoms with Crippen molar-refractivity contribution in [3.63, 3.8) is 0 Å². The van der Waals surface area contributed by atoms with E-state index in [0.29, 0.717) is 22.4 Å². The van der Waals surface area contributed by atoms with Crippen LogP contribution in [0.5, 0.6) is 0 Å². The number of nitrogens with zero attached hydrogens (tertiary/aromatic N) is 2. The van der Waals surface area contributed by atoms with Crippen molar-refractivity contribution in [3.8, 4) is 5.69 Å². The number of hydrogen-bond acceptors (Lipinski definition) is 4. The number of carbonyl (C=O) groups is 2. The summed E-state index contributed by atoms with van der Waals surface area (Å²) in [5, 5.41) is 18.7. The highest BCUT2D eigenvalue weighted by molar-refractivity contribution is 9.10. The maximum absolute atomic E-state index is 12.3. The van der Waals surface area contributed by atoms with Crippen LogP contribution in [0.2, 0.25) is 0 Å². The number of aliphatic hydroxyl groups excluding tert-OH is 1. The van der Waals surface area contributed by atoms with Gasteiger partial charge < -0.3 is 15.7 Å². The maximum atomic E-state index is 12.3. The molecule has 1 atom stereocenters. The quantitative estimate of drug-likeness (QED) is 0.644. The second-order valence-corrected chi connectivity index (χ2v) is 7.01. The second-order valence-electron chi connectivity index (χ2n) is 6.22. The van der Waals surface area contributed by atoms with Gasteiger partial charge in [0, 0.05) is 0 Å². The Morgan fingerprint density at radius 3 is 2.35 bits per heavy atom. The SMILES string of the molecule is CC[C@@H](CO)NC(=O)C(=O)Nc1c(Br)c(C)nn1-c1cc(C)cc(C)c1. The molecule has 8 heteroatoms. The molecular formula is C18H23BrN4O3. The van der Waals surface area contributed by atoms with E-state index < -0.39 is 17.9 Å². The Balaban J connectivity index is 2.32. The summed E-state index contributed by atoms with van der Waals surface area (Å²) in [6, 6.07) is 5.48. The number of halogens is 1. The predicted molar refractivity (Wildman–Crippen MR) is 103 cm³/mol. The largest absolute Gasteiger partial charge is 0.394 e. The van der Waals surface area contributed by atoms with Gasteiger partial charge in [-0.25, -0.2) is 4.68 Å². The first-order chi connectivity index (χ1) is 12.3. The lowest BCUT2D eigenvalue weighted by atomic mass is 10.1. The molecule has 1 aromatic heterocycles. The number of aryl methyl sites for hydroxylation is 3. The number of carbonyl (C=O) groups excluding carboxylic acids is 2. The summed E-state index contributed by atoms with van der Waals surface area (Å²) in [6.45, 7) is 7.35. The predicted octanol–water partition coefficient (Wildman–Crippen LogP) is 2.39. The molecule has 0 bridgehead atoms. The molecule has 2 aromatic rings. The minimum atomic E-state index is -0.817. The van der Waals surface area contributed by atoms with E-state index in [1.807, 2.05) is 39.0 Å². The number of anilines is 1. The van der Waals surface area contributed by atoms with Gasteiger partial charge in [-0.3, -0.25) is 9.59 Å². The first kappa shape index (κ1) is 20.1. The molecule has 0 fully saturated rings. The van der Waals surface area contributed by atoms with Gasteiger partial charge in [-0.05, 0) is 66.4 Å². The van der Waals surface area contributed by atoms with Crippen LogP contribution in [0.1, 0.15) is 30.2 Å². The van der Waals surface area contributed by atoms with E-state index in [2.05, 4.69) is 31.7 Å². The molecule has 0 saturated carbocycles. The molecule has 0 aliphatic heterocycles. The molecule has 1 aromatic carbocycles. The zero-order valence-corrected chi connectivity index (χ0v) is 16.8. The number of benzene rings is 1. The molecular weight excluding hydrogens is 400 g/mol. The van der Waals surface area contributed by atoms with E-state index in [4.69, 9.17) is 0 Å². The Morgan fingerprint density at radius 1 is 1.19 bits per heavy atom. The molecule has 0 radical (unpaired) electrons. The maximum Gasteiger partial charge on any atom is 0.314 e. The van der Waals surface area contributed by atoms with Crippen LogP contribution >= 0.6 is 15.9 Å². The number of rotatable bonds is 5. The number of amides is 2. The first-order valence-electron chi connectivity index (χ1n) is 8.33. The highest BCUT2D eigenvalue weighted by Gasteiger charge is 2.22. The van der Waals surface area contributed by atoms with E-state index in [0.717, 1.165) is 16.8 Å². The van der Waals surface area contributed by atoms with E-state index >= 15 is 0 Å². The normalized spacial score (nSPS) is 11.9. The van der Waals surface area contributed by atoms with Crippen molar-refractivity contribution < 1.29 is 14.7 Å². The van der Waals surface area contributed by atoms with Crippen molar-refractivity contribution in [2.24, 2.45) is 0 Å². The van der Waals surface area contributed by atoms with Crippen LogP contribution in [0.3, 0.4) is 0 Å². The van der Waals surface area contributed by atoms with Gasteiger partial charge in [0.25, 0.3) is 0 Å². The number of aliphatic hydroxyl groups is 1. The van der Waals surface area contributed by atoms with Crippen molar-refractivity contribution >= 4 is 33.6 Å². The van der Waals surface area contributed by atoms with Crippen molar-refractivity contribution in [2.75, 3.05) is 11.9 Å². The van der Waals surface area contributed by atoms with Gasteiger partial charge in [-0.2, -0.15) is 5.10 Å². The summed E-state index contributed by atoms with van der Waals surface area (Å²) in [7, 11) is 0. The van der Waals surface area contributed by atoms with E-state index in [1.165, 1.54) is 0 Å². The van der Waals surface area contributed by atoms with Gasteiger partial charge in [-0.1, -0.05) is 13.0 Å². The van der Waals surface area contributed by atoms with Crippen LogP contribution in [-0.4, -0.2) is 39.4 Å². The van der Waals surface area contributed by atoms with E-state index in [-0.39, 0.29) is 6.61 Å². The smallest absolute Gasteiger partial charge is 0.314 e. The fraction of sp³-hybridized carbons (Fsp3) is 0.389. The van der Waals surface area contributed by atoms with E-state index in [1.54, 1.807) is 11.6 Å². The molecule has 1 heterocycles. The summed E-state index contributed by atoms with van der Waals surface area (Å²) in [6.07, 6.45) is 0.527. The Kier molecular flexibility index (Phi) is 6.55. The third-order valence-corrected chi connectivity index (χ3v) is 4.87. The molecule has 2 amide bonds. The Labute approximate surface area is 160 Å². The summed E-state index contributed by atoms with van der Waals surface area (Å²) < 4.78 is 2.19. The Bertz CT molecular complexity index is 808. The van der Waals surface area contributed by atoms with Gasteiger partial charge in [-0.15, -0.1) is 0 Å². The lowest BCUT2D eigenvalue weighted by Gasteiger charge is -2.14. The molecule has 0 aliphatic rings. The van der Waals surface area contributed by atoms with Crippen LogP contribution in [0, 0.1) is 20.8 Å². The van der Waals surface area contributed by atoms with Gasteiger partial charge in [0.15, 0.2) is 5.82 Å². The molecule has 0 spiro atoms. The molecule has 0 aliphatic carbocycles. The van der Waals surface area contributed by atoms with Crippen molar-refractivity contribution in [3.05, 3.63) is 39.5 Å². The fourth-order valence-corrected chi connectivity index (χ4v) is 2.91. The molecule has 0 saturated heterocycles. The lowest BCUT2D eigenvalue weighted by molar-refractivity contribution is -0.136. The second kappa shape index (κ2) is 8.46. The monoisotopic (exact) mass is 422 g/mol. The highest BCUT2D eigenvalue weighted by Crippen LogP contribution is 2.29. The van der Waals surface area contributed by atoms with Gasteiger partial charge in [0.2, 0.25) is 0 Å². The van der Waals surface area contributed by atoms with E-state index in [9.17, 15) is 14.7 Å². The van der Waals surface area contributed by atoms with Gasteiger partial charge in [0.1, 0.15) is 0 Å². The summed E-state index contributed by atoms with van der Waals surface area (Å²) in [4.78, 5) is 24.4. The van der Waals surface area contributed by atoms with Crippen molar-refractivity contribution in [1.82, 2.24) is 15.1 Å². The summed E-state index contributed by atoms with van der Waals surface area (Å²) in [5.74, 6) is -1.24. The molecule has 26 heavy (non-hydrogen) atoms. The summed E-state index contributed by atoms with van der Waals surface area (Å²) in [5.41, 5.74) is 3.59. The minimum Gasteiger partial charge on any atom is -0.394 e.